The Kier molecular flexibility index (Phi) is 5.65. The molecule has 0 saturated carbocycles. The van der Waals surface area contributed by atoms with Crippen molar-refractivity contribution in [2.75, 3.05) is 11.9 Å². The number of amides is 1. The minimum Gasteiger partial charge on any atom is -0.483 e. The number of carbonyl (C=O) groups excluding carboxylic acids is 1. The molecule has 0 radical (unpaired) electrons. The van der Waals surface area contributed by atoms with Gasteiger partial charge in [0.1, 0.15) is 5.75 Å². The number of benzene rings is 2. The van der Waals surface area contributed by atoms with Crippen LogP contribution in [0.2, 0.25) is 0 Å². The van der Waals surface area contributed by atoms with Crippen LogP contribution in [0.4, 0.5) is 5.69 Å². The normalized spacial score (nSPS) is 11.1. The number of aromatic nitrogens is 1. The molecule has 1 heterocycles. The molecule has 27 heavy (non-hydrogen) atoms. The van der Waals surface area contributed by atoms with Crippen LogP contribution in [0.25, 0.3) is 10.2 Å². The Balaban J connectivity index is 1.71. The molecule has 0 fully saturated rings. The van der Waals surface area contributed by atoms with E-state index in [0.717, 1.165) is 27.1 Å². The Labute approximate surface area is 162 Å². The van der Waals surface area contributed by atoms with Crippen LogP contribution in [-0.2, 0) is 11.3 Å². The first kappa shape index (κ1) is 19.2. The van der Waals surface area contributed by atoms with Crippen molar-refractivity contribution in [3.63, 3.8) is 0 Å². The summed E-state index contributed by atoms with van der Waals surface area (Å²) in [5, 5.41) is 2.85. The van der Waals surface area contributed by atoms with Crippen LogP contribution in [0.5, 0.6) is 5.75 Å². The number of ether oxygens (including phenoxy) is 1. The van der Waals surface area contributed by atoms with Gasteiger partial charge in [0.05, 0.1) is 10.2 Å². The standard InChI is InChI=1S/C21H24N2O3S/c1-5-23-17-9-7-15(11-19(17)27-21(23)25)22-20(24)12-26-18-10-14(4)6-8-16(18)13(2)3/h6-11,13H,5,12H2,1-4H3,(H,22,24). The van der Waals surface area contributed by atoms with Gasteiger partial charge in [0.2, 0.25) is 0 Å². The second-order valence-corrected chi connectivity index (χ2v) is 7.82. The molecular weight excluding hydrogens is 360 g/mol. The predicted molar refractivity (Wildman–Crippen MR) is 111 cm³/mol. The van der Waals surface area contributed by atoms with Crippen LogP contribution in [0.15, 0.2) is 41.2 Å². The van der Waals surface area contributed by atoms with Crippen molar-refractivity contribution in [3.8, 4) is 5.75 Å². The van der Waals surface area contributed by atoms with E-state index in [1.54, 1.807) is 4.57 Å². The average Bonchev–Trinajstić information content (AvgIpc) is 2.93. The first-order chi connectivity index (χ1) is 12.9. The van der Waals surface area contributed by atoms with Crippen LogP contribution in [0.1, 0.15) is 37.8 Å². The van der Waals surface area contributed by atoms with Crippen LogP contribution < -0.4 is 14.9 Å². The van der Waals surface area contributed by atoms with Gasteiger partial charge >= 0.3 is 4.87 Å². The highest BCUT2D eigenvalue weighted by Crippen LogP contribution is 2.27. The Morgan fingerprint density at radius 1 is 1.22 bits per heavy atom. The van der Waals surface area contributed by atoms with Gasteiger partial charge < -0.3 is 10.1 Å². The van der Waals surface area contributed by atoms with E-state index in [1.807, 2.05) is 50.2 Å². The van der Waals surface area contributed by atoms with Gasteiger partial charge in [-0.1, -0.05) is 37.3 Å². The Morgan fingerprint density at radius 2 is 2.00 bits per heavy atom. The highest BCUT2D eigenvalue weighted by molar-refractivity contribution is 7.16. The summed E-state index contributed by atoms with van der Waals surface area (Å²) in [5.74, 6) is 0.832. The highest BCUT2D eigenvalue weighted by atomic mass is 32.1. The molecule has 0 spiro atoms. The molecule has 1 N–H and O–H groups in total. The van der Waals surface area contributed by atoms with Gasteiger partial charge in [-0.25, -0.2) is 0 Å². The van der Waals surface area contributed by atoms with E-state index < -0.39 is 0 Å². The fourth-order valence-corrected chi connectivity index (χ4v) is 4.02. The van der Waals surface area contributed by atoms with E-state index in [9.17, 15) is 9.59 Å². The molecule has 0 aliphatic rings. The molecular formula is C21H24N2O3S. The number of hydrogen-bond acceptors (Lipinski definition) is 4. The second kappa shape index (κ2) is 7.96. The Hall–Kier alpha value is -2.60. The summed E-state index contributed by atoms with van der Waals surface area (Å²) in [5.41, 5.74) is 3.73. The van der Waals surface area contributed by atoms with Crippen molar-refractivity contribution >= 4 is 33.1 Å². The van der Waals surface area contributed by atoms with E-state index in [-0.39, 0.29) is 17.4 Å². The quantitative estimate of drug-likeness (QED) is 0.679. The molecule has 6 heteroatoms. The van der Waals surface area contributed by atoms with E-state index in [1.165, 1.54) is 11.3 Å². The van der Waals surface area contributed by atoms with Crippen LogP contribution in [-0.4, -0.2) is 17.1 Å². The fraction of sp³-hybridized carbons (Fsp3) is 0.333. The van der Waals surface area contributed by atoms with Crippen molar-refractivity contribution < 1.29 is 9.53 Å². The monoisotopic (exact) mass is 384 g/mol. The summed E-state index contributed by atoms with van der Waals surface area (Å²) >= 11 is 1.19. The fourth-order valence-electron chi connectivity index (χ4n) is 3.03. The summed E-state index contributed by atoms with van der Waals surface area (Å²) in [6.45, 7) is 8.71. The number of thiazole rings is 1. The van der Waals surface area contributed by atoms with Crippen molar-refractivity contribution in [2.45, 2.75) is 40.2 Å². The lowest BCUT2D eigenvalue weighted by molar-refractivity contribution is -0.118. The minimum absolute atomic E-state index is 0.0139. The van der Waals surface area contributed by atoms with Crippen molar-refractivity contribution in [3.05, 3.63) is 57.2 Å². The molecule has 3 rings (SSSR count). The lowest BCUT2D eigenvalue weighted by Crippen LogP contribution is -2.20. The van der Waals surface area contributed by atoms with E-state index >= 15 is 0 Å². The maximum absolute atomic E-state index is 12.3. The van der Waals surface area contributed by atoms with E-state index in [4.69, 9.17) is 4.74 Å². The zero-order chi connectivity index (χ0) is 19.6. The molecule has 0 saturated heterocycles. The van der Waals surface area contributed by atoms with Gasteiger partial charge in [-0.2, -0.15) is 0 Å². The molecule has 0 unspecified atom stereocenters. The summed E-state index contributed by atoms with van der Waals surface area (Å²) in [7, 11) is 0. The van der Waals surface area contributed by atoms with Crippen LogP contribution in [0, 0.1) is 6.92 Å². The summed E-state index contributed by atoms with van der Waals surface area (Å²) in [4.78, 5) is 24.3. The van der Waals surface area contributed by atoms with Gasteiger partial charge in [0.15, 0.2) is 6.61 Å². The van der Waals surface area contributed by atoms with E-state index in [0.29, 0.717) is 18.2 Å². The molecule has 0 aliphatic heterocycles. The van der Waals surface area contributed by atoms with Crippen molar-refractivity contribution in [1.29, 1.82) is 0 Å². The topological polar surface area (TPSA) is 60.3 Å². The SMILES string of the molecule is CCn1c(=O)sc2cc(NC(=O)COc3cc(C)ccc3C(C)C)ccc21. The largest absolute Gasteiger partial charge is 0.483 e. The Bertz CT molecular complexity index is 1030. The molecule has 1 aromatic heterocycles. The molecule has 0 aliphatic carbocycles. The summed E-state index contributed by atoms with van der Waals surface area (Å²) in [6, 6.07) is 11.6. The maximum atomic E-state index is 12.3. The number of hydrogen-bond donors (Lipinski definition) is 1. The number of rotatable bonds is 6. The van der Waals surface area contributed by atoms with Crippen LogP contribution in [0.3, 0.4) is 0 Å². The molecule has 0 atom stereocenters. The van der Waals surface area contributed by atoms with Gasteiger partial charge in [-0.15, -0.1) is 0 Å². The smallest absolute Gasteiger partial charge is 0.308 e. The van der Waals surface area contributed by atoms with Crippen molar-refractivity contribution in [2.24, 2.45) is 0 Å². The maximum Gasteiger partial charge on any atom is 0.308 e. The van der Waals surface area contributed by atoms with E-state index in [2.05, 4.69) is 19.2 Å². The minimum atomic E-state index is -0.229. The third kappa shape index (κ3) is 4.22. The number of nitrogens with zero attached hydrogens (tertiary/aromatic N) is 1. The summed E-state index contributed by atoms with van der Waals surface area (Å²) < 4.78 is 8.36. The third-order valence-electron chi connectivity index (χ3n) is 4.42. The lowest BCUT2D eigenvalue weighted by atomic mass is 10.0. The first-order valence-electron chi connectivity index (χ1n) is 9.05. The van der Waals surface area contributed by atoms with Gasteiger partial charge in [0, 0.05) is 12.2 Å². The predicted octanol–water partition coefficient (Wildman–Crippen LogP) is 4.53. The lowest BCUT2D eigenvalue weighted by Gasteiger charge is -2.15. The third-order valence-corrected chi connectivity index (χ3v) is 5.36. The van der Waals surface area contributed by atoms with Crippen LogP contribution >= 0.6 is 11.3 Å². The highest BCUT2D eigenvalue weighted by Gasteiger charge is 2.12. The number of anilines is 1. The van der Waals surface area contributed by atoms with Crippen molar-refractivity contribution in [1.82, 2.24) is 4.57 Å². The average molecular weight is 385 g/mol. The first-order valence-corrected chi connectivity index (χ1v) is 9.87. The molecule has 1 amide bonds. The second-order valence-electron chi connectivity index (χ2n) is 6.83. The van der Waals surface area contributed by atoms with Gasteiger partial charge in [-0.3, -0.25) is 14.2 Å². The Morgan fingerprint density at radius 3 is 2.70 bits per heavy atom. The zero-order valence-corrected chi connectivity index (χ0v) is 16.9. The van der Waals surface area contributed by atoms with Gasteiger partial charge in [0.25, 0.3) is 5.91 Å². The number of fused-ring (bicyclic) bond motifs is 1. The van der Waals surface area contributed by atoms with Gasteiger partial charge in [-0.05, 0) is 55.2 Å². The summed E-state index contributed by atoms with van der Waals surface area (Å²) in [6.07, 6.45) is 0. The molecule has 142 valence electrons. The zero-order valence-electron chi connectivity index (χ0n) is 16.0. The number of aryl methyl sites for hydroxylation is 2. The molecule has 2 aromatic carbocycles. The number of nitrogens with one attached hydrogen (secondary N) is 1. The molecule has 0 bridgehead atoms. The molecule has 3 aromatic rings. The number of carbonyl (C=O) groups is 1. The molecule has 5 nitrogen and oxygen atoms in total.